The number of fused-ring (bicyclic) bond motifs is 1. The summed E-state index contributed by atoms with van der Waals surface area (Å²) in [5, 5.41) is 2.17. The van der Waals surface area contributed by atoms with Gasteiger partial charge in [-0.15, -0.1) is 0 Å². The summed E-state index contributed by atoms with van der Waals surface area (Å²) in [6.07, 6.45) is 1.75. The highest BCUT2D eigenvalue weighted by atomic mass is 19.4. The Morgan fingerprint density at radius 3 is 2.64 bits per heavy atom. The molecule has 1 saturated carbocycles. The Morgan fingerprint density at radius 2 is 1.94 bits per heavy atom. The fraction of sp³-hybridized carbons (Fsp3) is 0.423. The van der Waals surface area contributed by atoms with Gasteiger partial charge < -0.3 is 10.2 Å². The van der Waals surface area contributed by atoms with E-state index in [9.17, 15) is 18.0 Å². The van der Waals surface area contributed by atoms with Crippen molar-refractivity contribution in [2.24, 2.45) is 5.92 Å². The quantitative estimate of drug-likeness (QED) is 0.598. The van der Waals surface area contributed by atoms with Crippen LogP contribution in [0.1, 0.15) is 41.1 Å². The zero-order chi connectivity index (χ0) is 23.6. The van der Waals surface area contributed by atoms with Gasteiger partial charge in [0.05, 0.1) is 0 Å². The third kappa shape index (κ3) is 5.77. The second kappa shape index (κ2) is 9.59. The first-order chi connectivity index (χ1) is 15.7. The monoisotopic (exact) mass is 457 g/mol. The van der Waals surface area contributed by atoms with Gasteiger partial charge >= 0.3 is 6.18 Å². The zero-order valence-electron chi connectivity index (χ0n) is 19.0. The van der Waals surface area contributed by atoms with Crippen LogP contribution in [0.5, 0.6) is 0 Å². The van der Waals surface area contributed by atoms with E-state index in [1.54, 1.807) is 43.3 Å². The van der Waals surface area contributed by atoms with Crippen molar-refractivity contribution in [2.75, 3.05) is 32.1 Å². The second-order valence-corrected chi connectivity index (χ2v) is 9.18. The van der Waals surface area contributed by atoms with Gasteiger partial charge in [-0.3, -0.25) is 9.69 Å². The molecule has 176 valence electrons. The van der Waals surface area contributed by atoms with Gasteiger partial charge in [-0.1, -0.05) is 36.4 Å². The molecule has 1 unspecified atom stereocenters. The maximum Gasteiger partial charge on any atom is 0.412 e. The lowest BCUT2D eigenvalue weighted by molar-refractivity contribution is -0.162. The number of benzene rings is 2. The summed E-state index contributed by atoms with van der Waals surface area (Å²) in [6, 6.07) is 10.1. The van der Waals surface area contributed by atoms with Crippen molar-refractivity contribution in [3.05, 3.63) is 70.8 Å². The SMILES string of the molecule is CN(C)c1ccccc1C(NC(=O)/C=C/c1cccc2c1CCN(CC1CC1)C2)C(F)(F)F. The molecule has 0 radical (unpaired) electrons. The predicted molar refractivity (Wildman–Crippen MR) is 125 cm³/mol. The van der Waals surface area contributed by atoms with E-state index in [-0.39, 0.29) is 5.56 Å². The van der Waals surface area contributed by atoms with Crippen molar-refractivity contribution in [2.45, 2.75) is 38.0 Å². The van der Waals surface area contributed by atoms with Gasteiger partial charge in [0.25, 0.3) is 0 Å². The molecule has 7 heteroatoms. The Kier molecular flexibility index (Phi) is 6.79. The van der Waals surface area contributed by atoms with Crippen LogP contribution in [-0.2, 0) is 17.8 Å². The summed E-state index contributed by atoms with van der Waals surface area (Å²) < 4.78 is 41.6. The molecule has 0 bridgehead atoms. The predicted octanol–water partition coefficient (Wildman–Crippen LogP) is 4.95. The van der Waals surface area contributed by atoms with Crippen molar-refractivity contribution in [1.82, 2.24) is 10.2 Å². The van der Waals surface area contributed by atoms with E-state index in [0.29, 0.717) is 5.69 Å². The number of halogens is 3. The fourth-order valence-corrected chi connectivity index (χ4v) is 4.51. The van der Waals surface area contributed by atoms with Gasteiger partial charge in [0, 0.05) is 51.1 Å². The highest BCUT2D eigenvalue weighted by molar-refractivity contribution is 5.92. The van der Waals surface area contributed by atoms with Gasteiger partial charge in [-0.2, -0.15) is 13.2 Å². The third-order valence-corrected chi connectivity index (χ3v) is 6.35. The van der Waals surface area contributed by atoms with E-state index in [2.05, 4.69) is 16.3 Å². The van der Waals surface area contributed by atoms with Gasteiger partial charge in [0.2, 0.25) is 5.91 Å². The molecule has 0 saturated heterocycles. The Bertz CT molecular complexity index is 1030. The average Bonchev–Trinajstić information content (AvgIpc) is 3.59. The summed E-state index contributed by atoms with van der Waals surface area (Å²) in [4.78, 5) is 16.6. The molecule has 1 amide bonds. The topological polar surface area (TPSA) is 35.6 Å². The van der Waals surface area contributed by atoms with Crippen molar-refractivity contribution in [1.29, 1.82) is 0 Å². The van der Waals surface area contributed by atoms with Gasteiger partial charge in [-0.05, 0) is 54.0 Å². The first-order valence-corrected chi connectivity index (χ1v) is 11.4. The number of anilines is 1. The molecule has 1 heterocycles. The Hall–Kier alpha value is -2.80. The lowest BCUT2D eigenvalue weighted by atomic mass is 9.94. The lowest BCUT2D eigenvalue weighted by Gasteiger charge is -2.29. The zero-order valence-corrected chi connectivity index (χ0v) is 19.0. The Labute approximate surface area is 193 Å². The number of nitrogens with zero attached hydrogens (tertiary/aromatic N) is 2. The van der Waals surface area contributed by atoms with Crippen LogP contribution in [0.3, 0.4) is 0 Å². The van der Waals surface area contributed by atoms with Crippen molar-refractivity contribution >= 4 is 17.7 Å². The second-order valence-electron chi connectivity index (χ2n) is 9.18. The minimum absolute atomic E-state index is 0.0181. The number of hydrogen-bond donors (Lipinski definition) is 1. The van der Waals surface area contributed by atoms with Crippen LogP contribution in [0.2, 0.25) is 0 Å². The molecule has 0 aromatic heterocycles. The third-order valence-electron chi connectivity index (χ3n) is 6.35. The van der Waals surface area contributed by atoms with E-state index >= 15 is 0 Å². The van der Waals surface area contributed by atoms with Crippen LogP contribution in [-0.4, -0.2) is 44.2 Å². The molecular formula is C26H30F3N3O. The molecular weight excluding hydrogens is 427 g/mol. The molecule has 1 atom stereocenters. The molecule has 4 nitrogen and oxygen atoms in total. The summed E-state index contributed by atoms with van der Waals surface area (Å²) in [5.41, 5.74) is 3.74. The van der Waals surface area contributed by atoms with Crippen LogP contribution in [0.4, 0.5) is 18.9 Å². The average molecular weight is 458 g/mol. The molecule has 2 aliphatic rings. The number of nitrogens with one attached hydrogen (secondary N) is 1. The summed E-state index contributed by atoms with van der Waals surface area (Å²) in [7, 11) is 3.36. The molecule has 2 aromatic carbocycles. The van der Waals surface area contributed by atoms with E-state index in [0.717, 1.165) is 37.5 Å². The van der Waals surface area contributed by atoms with E-state index < -0.39 is 18.1 Å². The van der Waals surface area contributed by atoms with E-state index in [1.165, 1.54) is 36.1 Å². The van der Waals surface area contributed by atoms with Crippen molar-refractivity contribution < 1.29 is 18.0 Å². The minimum atomic E-state index is -4.62. The molecule has 2 aromatic rings. The molecule has 4 rings (SSSR count). The number of rotatable bonds is 7. The normalized spacial score (nSPS) is 17.6. The van der Waals surface area contributed by atoms with Crippen molar-refractivity contribution in [3.63, 3.8) is 0 Å². The first kappa shape index (κ1) is 23.4. The molecule has 0 spiro atoms. The summed E-state index contributed by atoms with van der Waals surface area (Å²) >= 11 is 0. The molecule has 1 aliphatic heterocycles. The van der Waals surface area contributed by atoms with Gasteiger partial charge in [0.1, 0.15) is 0 Å². The molecule has 33 heavy (non-hydrogen) atoms. The maximum absolute atomic E-state index is 13.9. The Balaban J connectivity index is 1.49. The van der Waals surface area contributed by atoms with Crippen LogP contribution in [0.15, 0.2) is 48.5 Å². The fourth-order valence-electron chi connectivity index (χ4n) is 4.51. The largest absolute Gasteiger partial charge is 0.412 e. The number of alkyl halides is 3. The maximum atomic E-state index is 13.9. The molecule has 1 fully saturated rings. The summed E-state index contributed by atoms with van der Waals surface area (Å²) in [5.74, 6) is 0.0622. The summed E-state index contributed by atoms with van der Waals surface area (Å²) in [6.45, 7) is 2.99. The first-order valence-electron chi connectivity index (χ1n) is 11.4. The number of hydrogen-bond acceptors (Lipinski definition) is 3. The number of amides is 1. The van der Waals surface area contributed by atoms with Crippen LogP contribution in [0.25, 0.3) is 6.08 Å². The van der Waals surface area contributed by atoms with Gasteiger partial charge in [0.15, 0.2) is 6.04 Å². The highest BCUT2D eigenvalue weighted by Crippen LogP contribution is 2.37. The lowest BCUT2D eigenvalue weighted by Crippen LogP contribution is -2.38. The van der Waals surface area contributed by atoms with Crippen LogP contribution >= 0.6 is 0 Å². The van der Waals surface area contributed by atoms with Crippen LogP contribution < -0.4 is 10.2 Å². The Morgan fingerprint density at radius 1 is 1.18 bits per heavy atom. The highest BCUT2D eigenvalue weighted by Gasteiger charge is 2.43. The standard InChI is InChI=1S/C26H30F3N3O/c1-31(2)23-9-4-3-8-22(23)25(26(27,28)29)30-24(33)13-12-19-6-5-7-20-17-32(15-14-21(19)20)16-18-10-11-18/h3-9,12-13,18,25H,10-11,14-17H2,1-2H3,(H,30,33)/b13-12+. The van der Waals surface area contributed by atoms with E-state index in [4.69, 9.17) is 0 Å². The van der Waals surface area contributed by atoms with Gasteiger partial charge in [-0.25, -0.2) is 0 Å². The van der Waals surface area contributed by atoms with Crippen LogP contribution in [0, 0.1) is 5.92 Å². The molecule has 1 aliphatic carbocycles. The number of carbonyl (C=O) groups excluding carboxylic acids is 1. The number of carbonyl (C=O) groups is 1. The number of para-hydroxylation sites is 1. The minimum Gasteiger partial charge on any atom is -0.377 e. The molecule has 1 N–H and O–H groups in total. The smallest absolute Gasteiger partial charge is 0.377 e. The van der Waals surface area contributed by atoms with E-state index in [1.807, 2.05) is 12.1 Å². The van der Waals surface area contributed by atoms with Crippen molar-refractivity contribution in [3.8, 4) is 0 Å².